The Morgan fingerprint density at radius 2 is 1.31 bits per heavy atom. The van der Waals surface area contributed by atoms with Crippen molar-refractivity contribution in [1.82, 2.24) is 0 Å². The van der Waals surface area contributed by atoms with E-state index in [0.717, 1.165) is 19.3 Å². The Hall–Kier alpha value is -2.05. The van der Waals surface area contributed by atoms with Gasteiger partial charge in [0.1, 0.15) is 0 Å². The number of carbonyl (C=O) groups excluding carboxylic acids is 2. The van der Waals surface area contributed by atoms with Gasteiger partial charge < -0.3 is 9.47 Å². The molecule has 4 nitrogen and oxygen atoms in total. The Labute approximate surface area is 189 Å². The lowest BCUT2D eigenvalue weighted by atomic mass is 10.1. The maximum Gasteiger partial charge on any atom is 0.429 e. The second kappa shape index (κ2) is 16.6. The molecule has 0 aliphatic carbocycles. The lowest BCUT2D eigenvalue weighted by molar-refractivity contribution is -0.224. The van der Waals surface area contributed by atoms with Crippen LogP contribution >= 0.6 is 0 Å². The van der Waals surface area contributed by atoms with Crippen molar-refractivity contribution in [2.45, 2.75) is 103 Å². The standard InChI is InChI=1S/C25H37F3O4/c1-2-3-4-5-6-7-8-9-10-14-20-31-22(29)18-15-19-23(30)32-24(25(26,27)28)21-16-12-11-13-17-21/h11-13,16-17,24H,2-10,14-15,18-20H2,1H3. The summed E-state index contributed by atoms with van der Waals surface area (Å²) in [5.74, 6) is -1.43. The first-order chi connectivity index (χ1) is 15.3. The van der Waals surface area contributed by atoms with Crippen LogP contribution in [0.3, 0.4) is 0 Å². The number of hydrogen-bond donors (Lipinski definition) is 0. The highest BCUT2D eigenvalue weighted by Crippen LogP contribution is 2.36. The molecule has 1 aromatic carbocycles. The number of halogens is 3. The number of rotatable bonds is 17. The maximum atomic E-state index is 13.2. The molecule has 0 amide bonds. The van der Waals surface area contributed by atoms with Crippen molar-refractivity contribution in [3.05, 3.63) is 35.9 Å². The molecule has 1 unspecified atom stereocenters. The van der Waals surface area contributed by atoms with E-state index in [4.69, 9.17) is 4.74 Å². The highest BCUT2D eigenvalue weighted by Gasteiger charge is 2.43. The molecule has 0 spiro atoms. The molecule has 0 N–H and O–H groups in total. The van der Waals surface area contributed by atoms with Crippen molar-refractivity contribution >= 4 is 11.9 Å². The average molecular weight is 459 g/mol. The first-order valence-corrected chi connectivity index (χ1v) is 11.8. The van der Waals surface area contributed by atoms with Crippen molar-refractivity contribution in [1.29, 1.82) is 0 Å². The number of hydrogen-bond acceptors (Lipinski definition) is 4. The van der Waals surface area contributed by atoms with Gasteiger partial charge >= 0.3 is 18.1 Å². The molecule has 0 saturated heterocycles. The molecule has 7 heteroatoms. The molecule has 1 aromatic rings. The first kappa shape index (κ1) is 28.0. The van der Waals surface area contributed by atoms with Gasteiger partial charge in [0.05, 0.1) is 6.61 Å². The number of ether oxygens (including phenoxy) is 2. The summed E-state index contributed by atoms with van der Waals surface area (Å²) >= 11 is 0. The molecule has 0 fully saturated rings. The molecule has 0 heterocycles. The van der Waals surface area contributed by atoms with Gasteiger partial charge in [-0.25, -0.2) is 0 Å². The lowest BCUT2D eigenvalue weighted by Crippen LogP contribution is -2.26. The quantitative estimate of drug-likeness (QED) is 0.179. The van der Waals surface area contributed by atoms with E-state index < -0.39 is 24.2 Å². The van der Waals surface area contributed by atoms with E-state index in [2.05, 4.69) is 11.7 Å². The topological polar surface area (TPSA) is 52.6 Å². The summed E-state index contributed by atoms with van der Waals surface area (Å²) in [6.07, 6.45) is 4.66. The number of benzene rings is 1. The summed E-state index contributed by atoms with van der Waals surface area (Å²) < 4.78 is 49.4. The van der Waals surface area contributed by atoms with Crippen LogP contribution in [-0.2, 0) is 19.1 Å². The molecule has 0 aliphatic rings. The molecule has 0 radical (unpaired) electrons. The third kappa shape index (κ3) is 13.4. The van der Waals surface area contributed by atoms with Gasteiger partial charge in [-0.1, -0.05) is 95.0 Å². The molecule has 1 rings (SSSR count). The van der Waals surface area contributed by atoms with Gasteiger partial charge in [-0.05, 0) is 12.8 Å². The summed E-state index contributed by atoms with van der Waals surface area (Å²) in [6.45, 7) is 2.55. The molecule has 0 bridgehead atoms. The summed E-state index contributed by atoms with van der Waals surface area (Å²) in [5.41, 5.74) is -0.135. The molecule has 1 atom stereocenters. The molecular weight excluding hydrogens is 421 g/mol. The Balaban J connectivity index is 2.10. The number of carbonyl (C=O) groups is 2. The van der Waals surface area contributed by atoms with Gasteiger partial charge in [0.2, 0.25) is 6.10 Å². The van der Waals surface area contributed by atoms with Gasteiger partial charge in [-0.15, -0.1) is 0 Å². The second-order valence-corrected chi connectivity index (χ2v) is 8.08. The van der Waals surface area contributed by atoms with Crippen LogP contribution in [0.25, 0.3) is 0 Å². The van der Waals surface area contributed by atoms with Crippen LogP contribution in [0.15, 0.2) is 30.3 Å². The minimum absolute atomic E-state index is 0.0190. The maximum absolute atomic E-state index is 13.2. The number of alkyl halides is 3. The van der Waals surface area contributed by atoms with Crippen LogP contribution < -0.4 is 0 Å². The lowest BCUT2D eigenvalue weighted by Gasteiger charge is -2.21. The summed E-state index contributed by atoms with van der Waals surface area (Å²) in [6, 6.07) is 7.01. The van der Waals surface area contributed by atoms with E-state index in [-0.39, 0.29) is 24.8 Å². The van der Waals surface area contributed by atoms with E-state index in [1.807, 2.05) is 0 Å². The first-order valence-electron chi connectivity index (χ1n) is 11.8. The Morgan fingerprint density at radius 1 is 0.781 bits per heavy atom. The zero-order chi connectivity index (χ0) is 23.7. The summed E-state index contributed by atoms with van der Waals surface area (Å²) in [4.78, 5) is 23.6. The van der Waals surface area contributed by atoms with Crippen molar-refractivity contribution in [2.24, 2.45) is 0 Å². The summed E-state index contributed by atoms with van der Waals surface area (Å²) in [7, 11) is 0. The van der Waals surface area contributed by atoms with Crippen molar-refractivity contribution in [2.75, 3.05) is 6.61 Å². The van der Waals surface area contributed by atoms with Crippen LogP contribution in [0.2, 0.25) is 0 Å². The van der Waals surface area contributed by atoms with Gasteiger partial charge in [0.15, 0.2) is 0 Å². The Bertz CT molecular complexity index is 632. The van der Waals surface area contributed by atoms with Crippen LogP contribution in [0, 0.1) is 0 Å². The van der Waals surface area contributed by atoms with Crippen molar-refractivity contribution in [3.8, 4) is 0 Å². The Kier molecular flexibility index (Phi) is 14.5. The molecule has 0 saturated carbocycles. The van der Waals surface area contributed by atoms with Gasteiger partial charge in [0, 0.05) is 18.4 Å². The molecular formula is C25H37F3O4. The molecule has 0 aliphatic heterocycles. The van der Waals surface area contributed by atoms with E-state index in [1.165, 1.54) is 69.2 Å². The smallest absolute Gasteiger partial charge is 0.429 e. The van der Waals surface area contributed by atoms with Gasteiger partial charge in [-0.2, -0.15) is 13.2 Å². The third-order valence-electron chi connectivity index (χ3n) is 5.17. The van der Waals surface area contributed by atoms with Crippen molar-refractivity contribution in [3.63, 3.8) is 0 Å². The van der Waals surface area contributed by atoms with E-state index >= 15 is 0 Å². The Morgan fingerprint density at radius 3 is 1.88 bits per heavy atom. The van der Waals surface area contributed by atoms with Crippen LogP contribution in [0.4, 0.5) is 13.2 Å². The fraction of sp³-hybridized carbons (Fsp3) is 0.680. The van der Waals surface area contributed by atoms with Crippen molar-refractivity contribution < 1.29 is 32.2 Å². The van der Waals surface area contributed by atoms with Crippen LogP contribution in [-0.4, -0.2) is 24.7 Å². The largest absolute Gasteiger partial charge is 0.466 e. The molecule has 182 valence electrons. The van der Waals surface area contributed by atoms with E-state index in [9.17, 15) is 22.8 Å². The predicted molar refractivity (Wildman–Crippen MR) is 118 cm³/mol. The fourth-order valence-electron chi connectivity index (χ4n) is 3.37. The van der Waals surface area contributed by atoms with E-state index in [1.54, 1.807) is 6.07 Å². The third-order valence-corrected chi connectivity index (χ3v) is 5.17. The van der Waals surface area contributed by atoms with Gasteiger partial charge in [0.25, 0.3) is 0 Å². The monoisotopic (exact) mass is 458 g/mol. The summed E-state index contributed by atoms with van der Waals surface area (Å²) in [5, 5.41) is 0. The minimum Gasteiger partial charge on any atom is -0.466 e. The zero-order valence-electron chi connectivity index (χ0n) is 19.1. The number of esters is 2. The minimum atomic E-state index is -4.70. The molecule has 32 heavy (non-hydrogen) atoms. The van der Waals surface area contributed by atoms with Crippen LogP contribution in [0.1, 0.15) is 102 Å². The van der Waals surface area contributed by atoms with Crippen LogP contribution in [0.5, 0.6) is 0 Å². The highest BCUT2D eigenvalue weighted by molar-refractivity contribution is 5.72. The average Bonchev–Trinajstić information content (AvgIpc) is 2.75. The fourth-order valence-corrected chi connectivity index (χ4v) is 3.37. The number of unbranched alkanes of at least 4 members (excludes halogenated alkanes) is 9. The normalized spacial score (nSPS) is 12.4. The zero-order valence-corrected chi connectivity index (χ0v) is 19.1. The second-order valence-electron chi connectivity index (χ2n) is 8.08. The van der Waals surface area contributed by atoms with E-state index in [0.29, 0.717) is 6.61 Å². The SMILES string of the molecule is CCCCCCCCCCCCOC(=O)CCCC(=O)OC(c1ccccc1)C(F)(F)F. The highest BCUT2D eigenvalue weighted by atomic mass is 19.4. The molecule has 0 aromatic heterocycles. The van der Waals surface area contributed by atoms with Gasteiger partial charge in [-0.3, -0.25) is 9.59 Å². The predicted octanol–water partition coefficient (Wildman–Crippen LogP) is 7.47.